The molecule has 3 aromatic carbocycles. The first-order valence-electron chi connectivity index (χ1n) is 15.2. The van der Waals surface area contributed by atoms with Crippen molar-refractivity contribution in [1.29, 1.82) is 0 Å². The molecule has 0 atom stereocenters. The van der Waals surface area contributed by atoms with E-state index in [0.717, 1.165) is 23.0 Å². The van der Waals surface area contributed by atoms with Gasteiger partial charge in [-0.3, -0.25) is 13.7 Å². The van der Waals surface area contributed by atoms with Gasteiger partial charge >= 0.3 is 0 Å². The van der Waals surface area contributed by atoms with E-state index >= 15 is 0 Å². The van der Waals surface area contributed by atoms with Gasteiger partial charge in [0.05, 0.1) is 41.0 Å². The van der Waals surface area contributed by atoms with Gasteiger partial charge in [-0.2, -0.15) is 30.0 Å². The van der Waals surface area contributed by atoms with Crippen molar-refractivity contribution >= 4 is 90.7 Å². The number of aliphatic hydroxyl groups is 2. The summed E-state index contributed by atoms with van der Waals surface area (Å²) >= 11 is 0. The van der Waals surface area contributed by atoms with E-state index in [9.17, 15) is 52.4 Å². The predicted molar refractivity (Wildman–Crippen MR) is 193 cm³/mol. The third-order valence-corrected chi connectivity index (χ3v) is 11.9. The number of hydrogen-bond acceptors (Lipinski definition) is 18. The highest BCUT2D eigenvalue weighted by Crippen LogP contribution is 2.38. The molecule has 5 rings (SSSR count). The lowest BCUT2D eigenvalue weighted by atomic mass is 10.1. The summed E-state index contributed by atoms with van der Waals surface area (Å²) in [6.07, 6.45) is 0. The Morgan fingerprint density at radius 2 is 1.43 bits per heavy atom. The Morgan fingerprint density at radius 1 is 0.741 bits per heavy atom. The molecule has 0 saturated carbocycles. The third-order valence-electron chi connectivity index (χ3n) is 7.68. The van der Waals surface area contributed by atoms with Crippen LogP contribution in [0, 0.1) is 6.92 Å². The molecule has 2 aromatic heterocycles. The standard InChI is InChI=1S/C28H31N9O13S4/c1-15-24(29)27(30-6-8-38)32-28(31-7-10-51(40,41)11-9-39)25(15)34-33-20-4-2-16(12-23(20)54(48,49)50)37-35-21-5-3-18-19(26(21)36-37)13-17(52(42,43)44)14-22(18)53(45,46)47/h2-5,12-14,38-39H,6-11,29H2,1H3,(H2,30,31,32)(H,42,43,44)(H,45,46,47)(H,48,49,50)/b34-33+. The van der Waals surface area contributed by atoms with Crippen molar-refractivity contribution in [3.05, 3.63) is 48.0 Å². The molecule has 0 unspecified atom stereocenters. The van der Waals surface area contributed by atoms with E-state index in [4.69, 9.17) is 10.8 Å². The van der Waals surface area contributed by atoms with Crippen molar-refractivity contribution in [2.75, 3.05) is 54.2 Å². The zero-order valence-corrected chi connectivity index (χ0v) is 30.9. The van der Waals surface area contributed by atoms with Crippen molar-refractivity contribution in [3.63, 3.8) is 0 Å². The molecule has 26 heteroatoms. The first-order valence-corrected chi connectivity index (χ1v) is 21.3. The number of hydrogen-bond donors (Lipinski definition) is 8. The Labute approximate surface area is 306 Å². The van der Waals surface area contributed by atoms with E-state index in [-0.39, 0.29) is 75.8 Å². The zero-order valence-electron chi connectivity index (χ0n) is 27.7. The van der Waals surface area contributed by atoms with E-state index in [1.165, 1.54) is 25.1 Å². The Hall–Kier alpha value is -4.93. The van der Waals surface area contributed by atoms with Gasteiger partial charge in [-0.15, -0.1) is 20.4 Å². The van der Waals surface area contributed by atoms with Crippen LogP contribution in [-0.2, 0) is 40.2 Å². The Morgan fingerprint density at radius 3 is 2.06 bits per heavy atom. The number of nitrogen functional groups attached to an aromatic ring is 1. The van der Waals surface area contributed by atoms with Crippen molar-refractivity contribution in [2.45, 2.75) is 21.6 Å². The number of anilines is 3. The van der Waals surface area contributed by atoms with Gasteiger partial charge < -0.3 is 26.6 Å². The van der Waals surface area contributed by atoms with Crippen molar-refractivity contribution < 1.29 is 57.5 Å². The van der Waals surface area contributed by atoms with Crippen LogP contribution in [0.15, 0.2) is 67.4 Å². The number of nitrogens with one attached hydrogen (secondary N) is 2. The van der Waals surface area contributed by atoms with Gasteiger partial charge in [-0.25, -0.2) is 13.4 Å². The fraction of sp³-hybridized carbons (Fsp3) is 0.250. The molecule has 0 aliphatic heterocycles. The van der Waals surface area contributed by atoms with Crippen molar-refractivity contribution in [1.82, 2.24) is 20.0 Å². The molecule has 2 heterocycles. The van der Waals surface area contributed by atoms with Crippen LogP contribution in [0.5, 0.6) is 0 Å². The van der Waals surface area contributed by atoms with E-state index < -0.39 is 78.7 Å². The molecule has 0 saturated heterocycles. The van der Waals surface area contributed by atoms with Crippen LogP contribution in [0.25, 0.3) is 27.5 Å². The summed E-state index contributed by atoms with van der Waals surface area (Å²) in [6, 6.07) is 7.27. The number of pyridine rings is 1. The molecule has 54 heavy (non-hydrogen) atoms. The largest absolute Gasteiger partial charge is 0.395 e. The lowest BCUT2D eigenvalue weighted by Crippen LogP contribution is -2.21. The second-order valence-corrected chi connectivity index (χ2v) is 17.9. The summed E-state index contributed by atoms with van der Waals surface area (Å²) in [6.45, 7) is 0.527. The summed E-state index contributed by atoms with van der Waals surface area (Å²) in [5, 5.41) is 40.1. The topological polar surface area (TPSA) is 356 Å². The van der Waals surface area contributed by atoms with E-state index in [2.05, 4.69) is 36.0 Å². The molecule has 0 spiro atoms. The number of sulfone groups is 1. The van der Waals surface area contributed by atoms with Gasteiger partial charge in [0.2, 0.25) is 0 Å². The molecular weight excluding hydrogens is 799 g/mol. The second-order valence-electron chi connectivity index (χ2n) is 11.4. The average Bonchev–Trinajstić information content (AvgIpc) is 3.52. The van der Waals surface area contributed by atoms with E-state index in [1.54, 1.807) is 0 Å². The number of rotatable bonds is 15. The lowest BCUT2D eigenvalue weighted by molar-refractivity contribution is 0.311. The predicted octanol–water partition coefficient (Wildman–Crippen LogP) is 1.24. The van der Waals surface area contributed by atoms with Gasteiger partial charge in [0.15, 0.2) is 21.5 Å². The van der Waals surface area contributed by atoms with E-state index in [0.29, 0.717) is 6.07 Å². The number of aromatic nitrogens is 4. The summed E-state index contributed by atoms with van der Waals surface area (Å²) in [7, 11) is -18.7. The molecule has 0 aliphatic carbocycles. The summed E-state index contributed by atoms with van der Waals surface area (Å²) in [5.74, 6) is -0.806. The highest BCUT2D eigenvalue weighted by molar-refractivity contribution is 7.91. The fourth-order valence-electron chi connectivity index (χ4n) is 5.08. The van der Waals surface area contributed by atoms with Crippen LogP contribution >= 0.6 is 0 Å². The minimum atomic E-state index is -5.05. The van der Waals surface area contributed by atoms with Crippen LogP contribution in [0.4, 0.5) is 28.7 Å². The monoisotopic (exact) mass is 829 g/mol. The maximum absolute atomic E-state index is 12.6. The van der Waals surface area contributed by atoms with Crippen LogP contribution in [-0.4, -0.2) is 115 Å². The maximum Gasteiger partial charge on any atom is 0.296 e. The van der Waals surface area contributed by atoms with Crippen molar-refractivity contribution in [2.24, 2.45) is 10.2 Å². The molecule has 0 fully saturated rings. The minimum absolute atomic E-state index is 0.0372. The zero-order chi connectivity index (χ0) is 39.8. The average molecular weight is 830 g/mol. The van der Waals surface area contributed by atoms with Gasteiger partial charge in [0.25, 0.3) is 30.4 Å². The molecular formula is C28H31N9O13S4. The van der Waals surface area contributed by atoms with Gasteiger partial charge in [0, 0.05) is 29.4 Å². The number of benzene rings is 3. The quantitative estimate of drug-likeness (QED) is 0.0543. The van der Waals surface area contributed by atoms with Crippen LogP contribution in [0.2, 0.25) is 0 Å². The normalized spacial score (nSPS) is 12.9. The summed E-state index contributed by atoms with van der Waals surface area (Å²) in [5.41, 5.74) is 5.90. The highest BCUT2D eigenvalue weighted by Gasteiger charge is 2.24. The molecule has 0 amide bonds. The Bertz CT molecular complexity index is 2770. The Balaban J connectivity index is 1.60. The van der Waals surface area contributed by atoms with Crippen molar-refractivity contribution in [3.8, 4) is 5.69 Å². The number of aliphatic hydroxyl groups excluding tert-OH is 2. The smallest absolute Gasteiger partial charge is 0.296 e. The maximum atomic E-state index is 12.6. The Kier molecular flexibility index (Phi) is 11.2. The summed E-state index contributed by atoms with van der Waals surface area (Å²) in [4.78, 5) is 2.69. The number of nitrogens with zero attached hydrogens (tertiary/aromatic N) is 6. The highest BCUT2D eigenvalue weighted by atomic mass is 32.2. The third kappa shape index (κ3) is 8.71. The van der Waals surface area contributed by atoms with Crippen LogP contribution in [0.3, 0.4) is 0 Å². The SMILES string of the molecule is Cc1c(N)c(NCCO)nc(NCCS(=O)(=O)CCO)c1/N=N/c1ccc(-n2nc3ccc4c(S(=O)(=O)O)cc(S(=O)(=O)O)cc4c3n2)cc1S(=O)(=O)O. The summed E-state index contributed by atoms with van der Waals surface area (Å²) < 4.78 is 127. The van der Waals surface area contributed by atoms with Gasteiger partial charge in [-0.05, 0) is 43.3 Å². The molecule has 22 nitrogen and oxygen atoms in total. The molecule has 5 aromatic rings. The molecule has 9 N–H and O–H groups in total. The number of fused-ring (bicyclic) bond motifs is 3. The van der Waals surface area contributed by atoms with Crippen LogP contribution < -0.4 is 16.4 Å². The fourth-order valence-corrected chi connectivity index (χ4v) is 7.96. The number of azo groups is 1. The second kappa shape index (κ2) is 15.1. The molecule has 0 radical (unpaired) electrons. The van der Waals surface area contributed by atoms with Crippen LogP contribution in [0.1, 0.15) is 5.56 Å². The first-order chi connectivity index (χ1) is 25.1. The van der Waals surface area contributed by atoms with Gasteiger partial charge in [0.1, 0.15) is 32.2 Å². The minimum Gasteiger partial charge on any atom is -0.395 e. The molecule has 0 aliphatic rings. The molecule has 0 bridgehead atoms. The first kappa shape index (κ1) is 40.3. The van der Waals surface area contributed by atoms with Gasteiger partial charge in [-0.1, -0.05) is 6.07 Å². The van der Waals surface area contributed by atoms with E-state index in [1.807, 2.05) is 0 Å². The number of nitrogens with two attached hydrogens (primary N) is 1. The lowest BCUT2D eigenvalue weighted by Gasteiger charge is -2.16. The molecule has 290 valence electrons.